The molecule has 1 aliphatic heterocycles. The molecule has 2 heterocycles. The topological polar surface area (TPSA) is 84.8 Å². The second kappa shape index (κ2) is 5.90. The molecule has 0 bridgehead atoms. The van der Waals surface area contributed by atoms with Gasteiger partial charge in [0.2, 0.25) is 10.0 Å². The van der Waals surface area contributed by atoms with Crippen molar-refractivity contribution in [2.45, 2.75) is 62.6 Å². The van der Waals surface area contributed by atoms with Gasteiger partial charge in [-0.1, -0.05) is 11.3 Å². The fourth-order valence-electron chi connectivity index (χ4n) is 4.17. The van der Waals surface area contributed by atoms with Crippen molar-refractivity contribution in [3.63, 3.8) is 0 Å². The summed E-state index contributed by atoms with van der Waals surface area (Å²) in [5, 5.41) is 2.32. The highest BCUT2D eigenvalue weighted by molar-refractivity contribution is 7.89. The first-order valence-electron chi connectivity index (χ1n) is 8.38. The Labute approximate surface area is 152 Å². The Morgan fingerprint density at radius 3 is 2.40 bits per heavy atom. The number of rotatable bonds is 3. The number of quaternary nitrogens is 1. The Hall–Kier alpha value is -1.22. The zero-order valence-electron chi connectivity index (χ0n) is 15.3. The molecule has 0 unspecified atom stereocenters. The summed E-state index contributed by atoms with van der Waals surface area (Å²) in [5.41, 5.74) is 0.721. The molecule has 6 nitrogen and oxygen atoms in total. The van der Waals surface area contributed by atoms with Crippen molar-refractivity contribution < 1.29 is 13.7 Å². The third kappa shape index (κ3) is 3.81. The highest BCUT2D eigenvalue weighted by atomic mass is 32.2. The van der Waals surface area contributed by atoms with Crippen LogP contribution in [0.3, 0.4) is 0 Å². The number of piperidine rings is 1. The number of sulfonamides is 1. The normalized spacial score (nSPS) is 20.8. The summed E-state index contributed by atoms with van der Waals surface area (Å²) in [6.45, 7) is 8.57. The van der Waals surface area contributed by atoms with E-state index in [9.17, 15) is 13.2 Å². The number of fused-ring (bicyclic) bond motifs is 1. The van der Waals surface area contributed by atoms with E-state index in [2.05, 4.69) is 37.7 Å². The van der Waals surface area contributed by atoms with Crippen LogP contribution in [0.4, 0.5) is 0 Å². The standard InChI is InChI=1S/C17H25N3O3S2/c1-16(2)9-11(10-17(3,4)19-16)18-25(22,23)12-6-7-13-14(8-12)24-15(21)20(13)5/h6-8,11,18-19H,9-10H2,1-5H3/p+1. The number of benzene rings is 1. The molecule has 1 aromatic carbocycles. The predicted octanol–water partition coefficient (Wildman–Crippen LogP) is 1.16. The van der Waals surface area contributed by atoms with Gasteiger partial charge in [-0.3, -0.25) is 4.79 Å². The van der Waals surface area contributed by atoms with Crippen LogP contribution in [-0.2, 0) is 17.1 Å². The first kappa shape index (κ1) is 18.6. The third-order valence-corrected chi connectivity index (χ3v) is 7.24. The highest BCUT2D eigenvalue weighted by Gasteiger charge is 2.42. The number of nitrogens with two attached hydrogens (primary N) is 1. The van der Waals surface area contributed by atoms with Gasteiger partial charge in [-0.05, 0) is 45.9 Å². The maximum absolute atomic E-state index is 12.9. The summed E-state index contributed by atoms with van der Waals surface area (Å²) in [5.74, 6) is 0. The van der Waals surface area contributed by atoms with Crippen LogP contribution in [0.2, 0.25) is 0 Å². The van der Waals surface area contributed by atoms with Gasteiger partial charge in [0.05, 0.1) is 26.2 Å². The molecule has 25 heavy (non-hydrogen) atoms. The Kier molecular flexibility index (Phi) is 4.39. The van der Waals surface area contributed by atoms with E-state index >= 15 is 0 Å². The molecule has 0 saturated carbocycles. The summed E-state index contributed by atoms with van der Waals surface area (Å²) in [6.07, 6.45) is 1.55. The summed E-state index contributed by atoms with van der Waals surface area (Å²) in [6, 6.07) is 4.76. The van der Waals surface area contributed by atoms with Crippen molar-refractivity contribution in [3.05, 3.63) is 27.9 Å². The maximum Gasteiger partial charge on any atom is 0.307 e. The maximum atomic E-state index is 12.9. The molecule has 3 N–H and O–H groups in total. The SMILES string of the molecule is Cn1c(=O)sc2cc(S(=O)(=O)NC3CC(C)(C)[NH2+]C(C)(C)C3)ccc21. The summed E-state index contributed by atoms with van der Waals surface area (Å²) < 4.78 is 30.8. The fraction of sp³-hybridized carbons (Fsp3) is 0.588. The second-order valence-corrected chi connectivity index (χ2v) is 11.1. The molecule has 1 aliphatic rings. The Morgan fingerprint density at radius 2 is 1.80 bits per heavy atom. The number of aryl methyl sites for hydroxylation is 1. The summed E-state index contributed by atoms with van der Waals surface area (Å²) in [7, 11) is -1.93. The Balaban J connectivity index is 1.90. The van der Waals surface area contributed by atoms with Crippen LogP contribution in [0.15, 0.2) is 27.9 Å². The zero-order chi connectivity index (χ0) is 18.6. The Bertz CT molecular complexity index is 955. The monoisotopic (exact) mass is 384 g/mol. The quantitative estimate of drug-likeness (QED) is 0.833. The molecule has 0 aliphatic carbocycles. The molecular formula is C17H26N3O3S2+. The molecule has 2 aromatic rings. The van der Waals surface area contributed by atoms with Crippen LogP contribution >= 0.6 is 11.3 Å². The fourth-order valence-corrected chi connectivity index (χ4v) is 6.43. The van der Waals surface area contributed by atoms with E-state index in [-0.39, 0.29) is 26.9 Å². The number of hydrogen-bond acceptors (Lipinski definition) is 4. The first-order chi connectivity index (χ1) is 11.4. The van der Waals surface area contributed by atoms with Crippen LogP contribution in [0.1, 0.15) is 40.5 Å². The lowest BCUT2D eigenvalue weighted by Gasteiger charge is -2.43. The largest absolute Gasteiger partial charge is 0.337 e. The van der Waals surface area contributed by atoms with Crippen molar-refractivity contribution in [2.24, 2.45) is 7.05 Å². The van der Waals surface area contributed by atoms with Gasteiger partial charge in [-0.25, -0.2) is 13.1 Å². The van der Waals surface area contributed by atoms with Gasteiger partial charge >= 0.3 is 4.87 Å². The number of aromatic nitrogens is 1. The molecule has 1 saturated heterocycles. The molecule has 0 atom stereocenters. The van der Waals surface area contributed by atoms with Gasteiger partial charge < -0.3 is 9.88 Å². The molecule has 0 radical (unpaired) electrons. The first-order valence-corrected chi connectivity index (χ1v) is 10.7. The minimum atomic E-state index is -3.62. The average Bonchev–Trinajstić information content (AvgIpc) is 2.69. The van der Waals surface area contributed by atoms with Gasteiger partial charge in [0.25, 0.3) is 0 Å². The van der Waals surface area contributed by atoms with Crippen LogP contribution in [0, 0.1) is 0 Å². The smallest absolute Gasteiger partial charge is 0.307 e. The lowest BCUT2D eigenvalue weighted by atomic mass is 9.80. The van der Waals surface area contributed by atoms with E-state index in [1.807, 2.05) is 0 Å². The van der Waals surface area contributed by atoms with E-state index < -0.39 is 10.0 Å². The third-order valence-electron chi connectivity index (χ3n) is 4.72. The molecule has 3 rings (SSSR count). The lowest BCUT2D eigenvalue weighted by Crippen LogP contribution is -3.06. The zero-order valence-corrected chi connectivity index (χ0v) is 16.9. The number of thiazole rings is 1. The number of hydrogen-bond donors (Lipinski definition) is 2. The summed E-state index contributed by atoms with van der Waals surface area (Å²) >= 11 is 1.06. The van der Waals surface area contributed by atoms with Crippen molar-refractivity contribution in [3.8, 4) is 0 Å². The van der Waals surface area contributed by atoms with Gasteiger partial charge in [0, 0.05) is 25.9 Å². The minimum absolute atomic E-state index is 0.0160. The van der Waals surface area contributed by atoms with E-state index in [1.54, 1.807) is 25.2 Å². The lowest BCUT2D eigenvalue weighted by molar-refractivity contribution is -0.787. The Morgan fingerprint density at radius 1 is 1.20 bits per heavy atom. The second-order valence-electron chi connectivity index (χ2n) is 8.40. The van der Waals surface area contributed by atoms with Crippen LogP contribution in [-0.4, -0.2) is 30.1 Å². The molecule has 1 aromatic heterocycles. The average molecular weight is 385 g/mol. The molecule has 0 amide bonds. The molecule has 8 heteroatoms. The van der Waals surface area contributed by atoms with Crippen molar-refractivity contribution >= 4 is 31.6 Å². The van der Waals surface area contributed by atoms with Crippen molar-refractivity contribution in [1.29, 1.82) is 0 Å². The number of nitrogens with zero attached hydrogens (tertiary/aromatic N) is 1. The van der Waals surface area contributed by atoms with Gasteiger partial charge in [0.15, 0.2) is 0 Å². The van der Waals surface area contributed by atoms with E-state index in [4.69, 9.17) is 0 Å². The minimum Gasteiger partial charge on any atom is -0.337 e. The van der Waals surface area contributed by atoms with Crippen LogP contribution < -0.4 is 14.9 Å². The van der Waals surface area contributed by atoms with E-state index in [0.717, 1.165) is 29.7 Å². The van der Waals surface area contributed by atoms with Crippen LogP contribution in [0.5, 0.6) is 0 Å². The molecular weight excluding hydrogens is 358 g/mol. The molecule has 138 valence electrons. The molecule has 1 fully saturated rings. The van der Waals surface area contributed by atoms with Crippen molar-refractivity contribution in [2.75, 3.05) is 0 Å². The summed E-state index contributed by atoms with van der Waals surface area (Å²) in [4.78, 5) is 11.9. The van der Waals surface area contributed by atoms with Gasteiger partial charge in [0.1, 0.15) is 0 Å². The highest BCUT2D eigenvalue weighted by Crippen LogP contribution is 2.25. The van der Waals surface area contributed by atoms with Gasteiger partial charge in [-0.15, -0.1) is 0 Å². The van der Waals surface area contributed by atoms with Crippen LogP contribution in [0.25, 0.3) is 10.2 Å². The number of nitrogens with one attached hydrogen (secondary N) is 1. The van der Waals surface area contributed by atoms with Gasteiger partial charge in [-0.2, -0.15) is 0 Å². The molecule has 0 spiro atoms. The van der Waals surface area contributed by atoms with Crippen molar-refractivity contribution in [1.82, 2.24) is 9.29 Å². The van der Waals surface area contributed by atoms with E-state index in [1.165, 1.54) is 4.57 Å². The van der Waals surface area contributed by atoms with E-state index in [0.29, 0.717) is 4.70 Å². The predicted molar refractivity (Wildman–Crippen MR) is 100 cm³/mol.